The molecule has 0 radical (unpaired) electrons. The Balaban J connectivity index is 1.77. The van der Waals surface area contributed by atoms with Gasteiger partial charge in [-0.05, 0) is 139 Å². The maximum atomic E-state index is 13.5. The zero-order chi connectivity index (χ0) is 42.4. The van der Waals surface area contributed by atoms with E-state index in [1.807, 2.05) is 27.7 Å². The first-order valence-electron chi connectivity index (χ1n) is 20.9. The molecule has 12 nitrogen and oxygen atoms in total. The number of hydrogen-bond donors (Lipinski definition) is 2. The van der Waals surface area contributed by atoms with Gasteiger partial charge in [0.2, 0.25) is 5.91 Å². The number of rotatable bonds is 19. The number of nitrogens with zero attached hydrogens (tertiary/aromatic N) is 3. The molecule has 0 aromatic carbocycles. The minimum absolute atomic E-state index is 0.00313. The molecule has 2 atom stereocenters. The fraction of sp³-hybridized carbons (Fsp3) is 0.568. The summed E-state index contributed by atoms with van der Waals surface area (Å²) in [6, 6.07) is 10.6. The van der Waals surface area contributed by atoms with Gasteiger partial charge in [0.1, 0.15) is 0 Å². The zero-order valence-electron chi connectivity index (χ0n) is 36.5. The summed E-state index contributed by atoms with van der Waals surface area (Å²) in [5.74, 6) is 0.0396. The molecule has 1 amide bonds. The molecule has 58 heavy (non-hydrogen) atoms. The van der Waals surface area contributed by atoms with Crippen molar-refractivity contribution in [3.8, 4) is 0 Å². The number of allylic oxidation sites excluding steroid dienone is 2. The second-order valence-electron chi connectivity index (χ2n) is 15.8. The van der Waals surface area contributed by atoms with Crippen LogP contribution in [0.4, 0.5) is 0 Å². The first kappa shape index (κ1) is 45.7. The maximum absolute atomic E-state index is 13.5. The third-order valence-corrected chi connectivity index (χ3v) is 15.8. The first-order valence-corrected chi connectivity index (χ1v) is 24.4. The Morgan fingerprint density at radius 1 is 0.759 bits per heavy atom. The van der Waals surface area contributed by atoms with Gasteiger partial charge >= 0.3 is 15.2 Å². The number of amides is 1. The molecule has 0 unspecified atom stereocenters. The maximum Gasteiger partial charge on any atom is 0.330 e. The van der Waals surface area contributed by atoms with Crippen molar-refractivity contribution in [1.82, 2.24) is 24.8 Å². The van der Waals surface area contributed by atoms with Gasteiger partial charge in [-0.25, -0.2) is 4.98 Å². The molecule has 0 spiro atoms. The van der Waals surface area contributed by atoms with E-state index in [0.717, 1.165) is 79.1 Å². The Morgan fingerprint density at radius 3 is 1.93 bits per heavy atom. The average Bonchev–Trinajstić information content (AvgIpc) is 3.82. The van der Waals surface area contributed by atoms with Gasteiger partial charge in [-0.15, -0.1) is 0 Å². The second-order valence-corrected chi connectivity index (χ2v) is 20.1. The van der Waals surface area contributed by atoms with Gasteiger partial charge in [-0.1, -0.05) is 13.8 Å². The molecule has 14 heteroatoms. The zero-order valence-corrected chi connectivity index (χ0v) is 38.3. The number of carbonyl (C=O) groups excluding carboxylic acids is 1. The highest BCUT2D eigenvalue weighted by atomic mass is 31.2. The number of hydrogen-bond acceptors (Lipinski definition) is 9. The van der Waals surface area contributed by atoms with E-state index in [0.29, 0.717) is 64.7 Å². The summed E-state index contributed by atoms with van der Waals surface area (Å²) in [5.41, 5.74) is 11.9. The summed E-state index contributed by atoms with van der Waals surface area (Å²) in [6.45, 7) is 19.2. The molecular formula is C44H65N5O7P2. The van der Waals surface area contributed by atoms with Crippen molar-refractivity contribution >= 4 is 54.3 Å². The van der Waals surface area contributed by atoms with E-state index in [-0.39, 0.29) is 18.0 Å². The number of aromatic nitrogens is 4. The smallest absolute Gasteiger partial charge is 0.330 e. The van der Waals surface area contributed by atoms with Crippen LogP contribution < -0.4 is 0 Å². The van der Waals surface area contributed by atoms with Crippen LogP contribution in [-0.4, -0.2) is 83.6 Å². The molecule has 5 heterocycles. The lowest BCUT2D eigenvalue weighted by Gasteiger charge is -2.31. The summed E-state index contributed by atoms with van der Waals surface area (Å²) in [4.78, 5) is 33.1. The lowest BCUT2D eigenvalue weighted by Crippen LogP contribution is -2.34. The van der Waals surface area contributed by atoms with Crippen LogP contribution in [0.3, 0.4) is 0 Å². The SMILES string of the molecule is CCOP(=O)(CCCC1=C(C)c2cc3nc(cc4[nH]c(cc4C)cc4[nH]c(cc1n2)c(CCCP(=O)(OCC)OCC)c4C)[C@@H](CC)[C@]3(C)CC(=O)N(C)C)OCC. The number of fused-ring (bicyclic) bond motifs is 8. The van der Waals surface area contributed by atoms with Crippen molar-refractivity contribution in [3.05, 3.63) is 69.8 Å². The molecule has 3 aromatic heterocycles. The highest BCUT2D eigenvalue weighted by Gasteiger charge is 2.44. The molecule has 5 rings (SSSR count). The standard InChI is InChI=1S/C44H65N5O7P2/c1-12-35-41-25-36-29(6)23-32(45-36)24-37-30(7)33(19-17-21-57(51,53-13-2)54-14-3)39(46-37)26-40-34(20-18-22-58(52,55-15-4)56-16-5)31(8)38(47-40)27-42(48-41)44(35,9)28-43(50)49(10)11/h23-27,35,45-46H,12-22,28H2,1-11H3/t35-,44+/m1/s1. The number of aromatic amines is 2. The molecule has 2 aliphatic rings. The van der Waals surface area contributed by atoms with Crippen LogP contribution in [0, 0.1) is 13.8 Å². The molecular weight excluding hydrogens is 772 g/mol. The van der Waals surface area contributed by atoms with Crippen molar-refractivity contribution < 1.29 is 32.0 Å². The predicted octanol–water partition coefficient (Wildman–Crippen LogP) is 11.0. The molecule has 0 fully saturated rings. The quantitative estimate of drug-likeness (QED) is 0.113. The van der Waals surface area contributed by atoms with Gasteiger partial charge in [0.05, 0.1) is 50.1 Å². The minimum Gasteiger partial charge on any atom is -0.355 e. The normalized spacial score (nSPS) is 17.3. The fourth-order valence-electron chi connectivity index (χ4n) is 8.41. The van der Waals surface area contributed by atoms with Gasteiger partial charge in [0.25, 0.3) is 0 Å². The van der Waals surface area contributed by atoms with Crippen molar-refractivity contribution in [1.29, 1.82) is 0 Å². The Morgan fingerprint density at radius 2 is 1.36 bits per heavy atom. The van der Waals surface area contributed by atoms with Crippen molar-refractivity contribution in [2.45, 2.75) is 112 Å². The van der Waals surface area contributed by atoms with Crippen molar-refractivity contribution in [2.24, 2.45) is 0 Å². The Hall–Kier alpha value is -3.37. The van der Waals surface area contributed by atoms with E-state index in [1.54, 1.807) is 19.0 Å². The summed E-state index contributed by atoms with van der Waals surface area (Å²) >= 11 is 0. The number of H-pyrrole nitrogens is 2. The molecule has 318 valence electrons. The molecule has 2 aliphatic heterocycles. The fourth-order valence-corrected chi connectivity index (χ4v) is 11.7. The topological polar surface area (TPSA) is 149 Å². The van der Waals surface area contributed by atoms with Crippen LogP contribution in [0.1, 0.15) is 126 Å². The highest BCUT2D eigenvalue weighted by molar-refractivity contribution is 7.54. The van der Waals surface area contributed by atoms with Gasteiger partial charge in [0, 0.05) is 65.3 Å². The second kappa shape index (κ2) is 19.3. The van der Waals surface area contributed by atoms with E-state index in [1.165, 1.54) is 0 Å². The summed E-state index contributed by atoms with van der Waals surface area (Å²) < 4.78 is 49.5. The van der Waals surface area contributed by atoms with Gasteiger partial charge in [-0.3, -0.25) is 18.9 Å². The van der Waals surface area contributed by atoms with E-state index < -0.39 is 20.6 Å². The van der Waals surface area contributed by atoms with Gasteiger partial charge in [-0.2, -0.15) is 0 Å². The summed E-state index contributed by atoms with van der Waals surface area (Å²) in [5, 5.41) is 0. The van der Waals surface area contributed by atoms with Crippen LogP contribution in [0.25, 0.3) is 33.2 Å². The third-order valence-electron chi connectivity index (χ3n) is 11.5. The van der Waals surface area contributed by atoms with Gasteiger partial charge in [0.15, 0.2) is 0 Å². The van der Waals surface area contributed by atoms with Gasteiger partial charge < -0.3 is 33.0 Å². The van der Waals surface area contributed by atoms with E-state index in [2.05, 4.69) is 74.9 Å². The van der Waals surface area contributed by atoms with E-state index in [9.17, 15) is 13.9 Å². The molecule has 0 aliphatic carbocycles. The summed E-state index contributed by atoms with van der Waals surface area (Å²) in [6.07, 6.45) is 4.10. The minimum atomic E-state index is -3.26. The monoisotopic (exact) mass is 837 g/mol. The first-order chi connectivity index (χ1) is 27.5. The molecule has 3 aromatic rings. The molecule has 2 N–H and O–H groups in total. The Labute approximate surface area is 345 Å². The Bertz CT molecular complexity index is 2240. The average molecular weight is 838 g/mol. The largest absolute Gasteiger partial charge is 0.355 e. The number of nitrogens with one attached hydrogen (secondary N) is 2. The van der Waals surface area contributed by atoms with Crippen molar-refractivity contribution in [2.75, 3.05) is 52.8 Å². The van der Waals surface area contributed by atoms with Crippen LogP contribution in [0.5, 0.6) is 0 Å². The number of carbonyl (C=O) groups is 1. The lowest BCUT2D eigenvalue weighted by atomic mass is 9.71. The Kier molecular flexibility index (Phi) is 15.2. The third kappa shape index (κ3) is 10.1. The van der Waals surface area contributed by atoms with Crippen LogP contribution in [0.15, 0.2) is 30.3 Å². The van der Waals surface area contributed by atoms with E-state index in [4.69, 9.17) is 28.1 Å². The molecule has 0 saturated heterocycles. The van der Waals surface area contributed by atoms with Crippen molar-refractivity contribution in [3.63, 3.8) is 0 Å². The highest BCUT2D eigenvalue weighted by Crippen LogP contribution is 2.51. The summed E-state index contributed by atoms with van der Waals surface area (Å²) in [7, 11) is -2.89. The van der Waals surface area contributed by atoms with Crippen LogP contribution >= 0.6 is 15.2 Å². The molecule has 8 bridgehead atoms. The van der Waals surface area contributed by atoms with E-state index >= 15 is 0 Å². The molecule has 0 saturated carbocycles. The predicted molar refractivity (Wildman–Crippen MR) is 236 cm³/mol. The van der Waals surface area contributed by atoms with Crippen LogP contribution in [-0.2, 0) is 43.9 Å². The lowest BCUT2D eigenvalue weighted by molar-refractivity contribution is -0.130. The van der Waals surface area contributed by atoms with Crippen LogP contribution in [0.2, 0.25) is 0 Å². The number of aryl methyl sites for hydroxylation is 3.